The molecule has 0 saturated heterocycles. The van der Waals surface area contributed by atoms with Crippen LogP contribution in [0.15, 0.2) is 29.4 Å². The molecule has 0 fully saturated rings. The van der Waals surface area contributed by atoms with Gasteiger partial charge in [-0.1, -0.05) is 11.6 Å². The zero-order valence-electron chi connectivity index (χ0n) is 7.31. The number of nitro groups is 1. The average molecular weight is 215 g/mol. The van der Waals surface area contributed by atoms with E-state index in [0.29, 0.717) is 5.56 Å². The lowest BCUT2D eigenvalue weighted by Crippen LogP contribution is -2.08. The first-order chi connectivity index (χ1) is 6.47. The number of nitrogens with zero attached hydrogens (tertiary/aromatic N) is 2. The van der Waals surface area contributed by atoms with Crippen molar-refractivity contribution in [1.82, 2.24) is 0 Å². The van der Waals surface area contributed by atoms with Crippen LogP contribution in [0.4, 0.5) is 5.69 Å². The Kier molecular flexibility index (Phi) is 2.81. The van der Waals surface area contributed by atoms with Gasteiger partial charge in [0, 0.05) is 12.1 Å². The molecule has 0 radical (unpaired) electrons. The molecule has 0 amide bonds. The highest BCUT2D eigenvalue weighted by molar-refractivity contribution is 6.23. The summed E-state index contributed by atoms with van der Waals surface area (Å²) in [5.41, 5.74) is 0.381. The number of hydrogen-bond donors (Lipinski definition) is 0. The second-order valence-electron chi connectivity index (χ2n) is 2.85. The van der Waals surface area contributed by atoms with Gasteiger partial charge in [0.1, 0.15) is 0 Å². The van der Waals surface area contributed by atoms with Crippen molar-refractivity contribution in [2.24, 2.45) is 5.18 Å². The van der Waals surface area contributed by atoms with E-state index in [2.05, 4.69) is 5.18 Å². The summed E-state index contributed by atoms with van der Waals surface area (Å²) in [7, 11) is 0. The summed E-state index contributed by atoms with van der Waals surface area (Å²) in [6.45, 7) is 1.42. The Morgan fingerprint density at radius 2 is 1.93 bits per heavy atom. The van der Waals surface area contributed by atoms with Gasteiger partial charge < -0.3 is 0 Å². The van der Waals surface area contributed by atoms with Crippen molar-refractivity contribution in [2.75, 3.05) is 0 Å². The van der Waals surface area contributed by atoms with Gasteiger partial charge in [0.2, 0.25) is 0 Å². The number of alkyl halides is 1. The number of hydrogen-bond acceptors (Lipinski definition) is 4. The van der Waals surface area contributed by atoms with Crippen LogP contribution in [0.1, 0.15) is 12.5 Å². The maximum Gasteiger partial charge on any atom is 0.269 e. The summed E-state index contributed by atoms with van der Waals surface area (Å²) in [5.74, 6) is 0. The van der Waals surface area contributed by atoms with E-state index in [9.17, 15) is 15.0 Å². The molecule has 0 aromatic heterocycles. The van der Waals surface area contributed by atoms with Crippen LogP contribution in [0.3, 0.4) is 0 Å². The normalized spacial score (nSPS) is 14.4. The second kappa shape index (κ2) is 3.71. The average Bonchev–Trinajstić information content (AvgIpc) is 2.18. The van der Waals surface area contributed by atoms with E-state index >= 15 is 0 Å². The highest BCUT2D eigenvalue weighted by Crippen LogP contribution is 2.30. The molecule has 0 heterocycles. The Hall–Kier alpha value is -1.49. The summed E-state index contributed by atoms with van der Waals surface area (Å²) in [6, 6.07) is 5.38. The van der Waals surface area contributed by atoms with Crippen LogP contribution in [0, 0.1) is 15.0 Å². The third-order valence-electron chi connectivity index (χ3n) is 1.78. The van der Waals surface area contributed by atoms with Gasteiger partial charge in [-0.3, -0.25) is 10.1 Å². The quantitative estimate of drug-likeness (QED) is 0.255. The molecule has 1 atom stereocenters. The number of nitro benzene ring substituents is 1. The van der Waals surface area contributed by atoms with Gasteiger partial charge in [-0.05, 0) is 29.8 Å². The molecule has 14 heavy (non-hydrogen) atoms. The predicted octanol–water partition coefficient (Wildman–Crippen LogP) is 2.77. The lowest BCUT2D eigenvalue weighted by molar-refractivity contribution is -0.384. The van der Waals surface area contributed by atoms with Crippen molar-refractivity contribution in [2.45, 2.75) is 11.9 Å². The van der Waals surface area contributed by atoms with Gasteiger partial charge in [-0.2, -0.15) is 0 Å². The van der Waals surface area contributed by atoms with Crippen LogP contribution in [-0.2, 0) is 5.00 Å². The molecular formula is C8H7ClN2O3. The molecule has 74 valence electrons. The van der Waals surface area contributed by atoms with Crippen molar-refractivity contribution in [3.8, 4) is 0 Å². The summed E-state index contributed by atoms with van der Waals surface area (Å²) in [4.78, 5) is 18.8. The first-order valence-corrected chi connectivity index (χ1v) is 4.13. The Labute approximate surface area is 84.8 Å². The molecule has 0 aliphatic carbocycles. The summed E-state index contributed by atoms with van der Waals surface area (Å²) in [5, 5.41) is 13.0. The molecule has 1 aromatic rings. The van der Waals surface area contributed by atoms with Gasteiger partial charge in [0.25, 0.3) is 5.69 Å². The maximum atomic E-state index is 10.3. The lowest BCUT2D eigenvalue weighted by atomic mass is 10.1. The molecular weight excluding hydrogens is 208 g/mol. The Balaban J connectivity index is 3.05. The zero-order chi connectivity index (χ0) is 10.8. The van der Waals surface area contributed by atoms with Crippen molar-refractivity contribution < 1.29 is 4.92 Å². The number of non-ortho nitro benzene ring substituents is 1. The van der Waals surface area contributed by atoms with Crippen LogP contribution < -0.4 is 0 Å². The number of benzene rings is 1. The molecule has 0 saturated carbocycles. The minimum Gasteiger partial charge on any atom is -0.258 e. The minimum atomic E-state index is -1.37. The molecule has 0 N–H and O–H groups in total. The second-order valence-corrected chi connectivity index (χ2v) is 3.58. The third kappa shape index (κ3) is 2.05. The van der Waals surface area contributed by atoms with E-state index in [1.54, 1.807) is 0 Å². The molecule has 5 nitrogen and oxygen atoms in total. The van der Waals surface area contributed by atoms with Crippen molar-refractivity contribution in [3.63, 3.8) is 0 Å². The number of halogens is 1. The van der Waals surface area contributed by atoms with Crippen LogP contribution in [0.25, 0.3) is 0 Å². The van der Waals surface area contributed by atoms with Crippen molar-refractivity contribution >= 4 is 17.3 Å². The number of nitroso groups, excluding NO2 is 1. The van der Waals surface area contributed by atoms with Crippen molar-refractivity contribution in [3.05, 3.63) is 44.9 Å². The fourth-order valence-electron chi connectivity index (χ4n) is 0.940. The largest absolute Gasteiger partial charge is 0.269 e. The van der Waals surface area contributed by atoms with Gasteiger partial charge >= 0.3 is 0 Å². The molecule has 6 heteroatoms. The molecule has 1 unspecified atom stereocenters. The topological polar surface area (TPSA) is 72.6 Å². The monoisotopic (exact) mass is 214 g/mol. The smallest absolute Gasteiger partial charge is 0.258 e. The van der Waals surface area contributed by atoms with Gasteiger partial charge in [0.05, 0.1) is 4.92 Å². The Morgan fingerprint density at radius 1 is 1.43 bits per heavy atom. The van der Waals surface area contributed by atoms with Crippen LogP contribution in [0.2, 0.25) is 0 Å². The first-order valence-electron chi connectivity index (χ1n) is 3.76. The van der Waals surface area contributed by atoms with Crippen LogP contribution in [0.5, 0.6) is 0 Å². The van der Waals surface area contributed by atoms with E-state index in [1.165, 1.54) is 31.2 Å². The predicted molar refractivity (Wildman–Crippen MR) is 52.1 cm³/mol. The molecule has 0 spiro atoms. The van der Waals surface area contributed by atoms with E-state index in [1.807, 2.05) is 0 Å². The Morgan fingerprint density at radius 3 is 2.29 bits per heavy atom. The van der Waals surface area contributed by atoms with E-state index < -0.39 is 9.92 Å². The highest BCUT2D eigenvalue weighted by atomic mass is 35.5. The summed E-state index contributed by atoms with van der Waals surface area (Å²) >= 11 is 5.73. The number of rotatable bonds is 3. The van der Waals surface area contributed by atoms with Gasteiger partial charge in [-0.25, -0.2) is 0 Å². The van der Waals surface area contributed by atoms with E-state index in [0.717, 1.165) is 0 Å². The van der Waals surface area contributed by atoms with Crippen LogP contribution in [-0.4, -0.2) is 4.92 Å². The third-order valence-corrected chi connectivity index (χ3v) is 2.06. The standard InChI is InChI=1S/C8H7ClN2O3/c1-8(9,10-12)6-2-4-7(5-3-6)11(13)14/h2-5H,1H3. The molecule has 1 aromatic carbocycles. The first kappa shape index (κ1) is 10.6. The van der Waals surface area contributed by atoms with E-state index in [4.69, 9.17) is 11.6 Å². The SMILES string of the molecule is CC(Cl)(N=O)c1ccc([N+](=O)[O-])cc1. The zero-order valence-corrected chi connectivity index (χ0v) is 8.06. The molecule has 0 bridgehead atoms. The van der Waals surface area contributed by atoms with Gasteiger partial charge in [-0.15, -0.1) is 4.91 Å². The lowest BCUT2D eigenvalue weighted by Gasteiger charge is -2.11. The highest BCUT2D eigenvalue weighted by Gasteiger charge is 2.24. The van der Waals surface area contributed by atoms with Crippen LogP contribution >= 0.6 is 11.6 Å². The fourth-order valence-corrected chi connectivity index (χ4v) is 1.07. The minimum absolute atomic E-state index is 0.0490. The van der Waals surface area contributed by atoms with Gasteiger partial charge in [0.15, 0.2) is 5.00 Å². The Bertz CT molecular complexity index is 361. The van der Waals surface area contributed by atoms with E-state index in [-0.39, 0.29) is 5.69 Å². The summed E-state index contributed by atoms with van der Waals surface area (Å²) in [6.07, 6.45) is 0. The van der Waals surface area contributed by atoms with Crippen molar-refractivity contribution in [1.29, 1.82) is 0 Å². The molecule has 0 aliphatic rings. The molecule has 0 aliphatic heterocycles. The maximum absolute atomic E-state index is 10.3. The fraction of sp³-hybridized carbons (Fsp3) is 0.250. The molecule has 1 rings (SSSR count). The summed E-state index contributed by atoms with van der Waals surface area (Å²) < 4.78 is 0.